The van der Waals surface area contributed by atoms with Gasteiger partial charge in [-0.3, -0.25) is 9.59 Å². The Morgan fingerprint density at radius 2 is 1.92 bits per heavy atom. The number of ketones is 1. The molecule has 128 valence electrons. The minimum absolute atomic E-state index is 0.0421. The van der Waals surface area contributed by atoms with Crippen molar-refractivity contribution in [2.45, 2.75) is 39.5 Å². The second-order valence-electron chi connectivity index (χ2n) is 5.89. The molecule has 0 saturated heterocycles. The molecular formula is C21H26O3. The molecule has 1 aromatic carbocycles. The van der Waals surface area contributed by atoms with Gasteiger partial charge in [0.1, 0.15) is 0 Å². The summed E-state index contributed by atoms with van der Waals surface area (Å²) in [6.07, 6.45) is 9.63. The van der Waals surface area contributed by atoms with Crippen molar-refractivity contribution in [3.63, 3.8) is 0 Å². The number of carbonyl (C=O) groups excluding carboxylic acids is 1. The number of rotatable bonds is 10. The molecule has 0 radical (unpaired) electrons. The number of benzene rings is 1. The van der Waals surface area contributed by atoms with Crippen molar-refractivity contribution < 1.29 is 14.7 Å². The number of carboxylic acids is 1. The van der Waals surface area contributed by atoms with E-state index in [1.807, 2.05) is 44.2 Å². The topological polar surface area (TPSA) is 54.4 Å². The van der Waals surface area contributed by atoms with Gasteiger partial charge in [-0.15, -0.1) is 0 Å². The smallest absolute Gasteiger partial charge is 0.306 e. The lowest BCUT2D eigenvalue weighted by molar-refractivity contribution is -0.141. The fourth-order valence-corrected chi connectivity index (χ4v) is 2.42. The van der Waals surface area contributed by atoms with Gasteiger partial charge >= 0.3 is 5.97 Å². The van der Waals surface area contributed by atoms with E-state index >= 15 is 0 Å². The lowest BCUT2D eigenvalue weighted by atomic mass is 9.92. The Hall–Kier alpha value is -2.42. The largest absolute Gasteiger partial charge is 0.481 e. The van der Waals surface area contributed by atoms with Crippen LogP contribution in [0.15, 0.2) is 60.7 Å². The first-order valence-corrected chi connectivity index (χ1v) is 8.25. The third kappa shape index (κ3) is 6.78. The van der Waals surface area contributed by atoms with E-state index in [-0.39, 0.29) is 12.2 Å². The van der Waals surface area contributed by atoms with Gasteiger partial charge in [-0.1, -0.05) is 60.7 Å². The van der Waals surface area contributed by atoms with Crippen LogP contribution in [0.4, 0.5) is 0 Å². The van der Waals surface area contributed by atoms with Crippen molar-refractivity contribution in [3.8, 4) is 0 Å². The molecule has 0 amide bonds. The average molecular weight is 326 g/mol. The minimum atomic E-state index is -0.909. The SMILES string of the molecule is C=C/C(=C\C=C/C)CCCC(CC(=O)c1ccc(C)cc1)C(=O)O. The quantitative estimate of drug-likeness (QED) is 0.479. The second-order valence-corrected chi connectivity index (χ2v) is 5.89. The van der Waals surface area contributed by atoms with Gasteiger partial charge in [-0.25, -0.2) is 0 Å². The molecule has 24 heavy (non-hydrogen) atoms. The van der Waals surface area contributed by atoms with Gasteiger partial charge < -0.3 is 5.11 Å². The predicted molar refractivity (Wildman–Crippen MR) is 98.2 cm³/mol. The number of aryl methyl sites for hydroxylation is 1. The van der Waals surface area contributed by atoms with Crippen LogP contribution in [0.1, 0.15) is 48.5 Å². The molecule has 0 aliphatic rings. The number of carboxylic acid groups (broad SMARTS) is 1. The van der Waals surface area contributed by atoms with Crippen LogP contribution < -0.4 is 0 Å². The highest BCUT2D eigenvalue weighted by atomic mass is 16.4. The molecule has 0 fully saturated rings. The molecule has 3 heteroatoms. The van der Waals surface area contributed by atoms with Gasteiger partial charge in [0, 0.05) is 12.0 Å². The summed E-state index contributed by atoms with van der Waals surface area (Å²) in [7, 11) is 0. The molecule has 1 atom stereocenters. The third-order valence-corrected chi connectivity index (χ3v) is 3.94. The fourth-order valence-electron chi connectivity index (χ4n) is 2.42. The molecule has 3 nitrogen and oxygen atoms in total. The van der Waals surface area contributed by atoms with Crippen molar-refractivity contribution in [3.05, 3.63) is 71.8 Å². The number of Topliss-reactive ketones (excluding diaryl/α,β-unsaturated/α-hetero) is 1. The molecule has 0 aliphatic carbocycles. The van der Waals surface area contributed by atoms with Crippen LogP contribution in [-0.4, -0.2) is 16.9 Å². The number of allylic oxidation sites excluding steroid dienone is 5. The molecule has 1 rings (SSSR count). The van der Waals surface area contributed by atoms with E-state index in [1.165, 1.54) is 0 Å². The zero-order valence-corrected chi connectivity index (χ0v) is 14.5. The molecule has 1 N–H and O–H groups in total. The number of carbonyl (C=O) groups is 2. The van der Waals surface area contributed by atoms with Gasteiger partial charge in [0.2, 0.25) is 0 Å². The summed E-state index contributed by atoms with van der Waals surface area (Å²) in [5, 5.41) is 9.38. The van der Waals surface area contributed by atoms with E-state index in [1.54, 1.807) is 18.2 Å². The molecule has 0 saturated carbocycles. The summed E-state index contributed by atoms with van der Waals surface area (Å²) < 4.78 is 0. The first-order valence-electron chi connectivity index (χ1n) is 8.25. The van der Waals surface area contributed by atoms with Crippen molar-refractivity contribution >= 4 is 11.8 Å². The number of aliphatic carboxylic acids is 1. The van der Waals surface area contributed by atoms with Crippen LogP contribution in [0.25, 0.3) is 0 Å². The summed E-state index contributed by atoms with van der Waals surface area (Å²) in [5.41, 5.74) is 2.72. The van der Waals surface area contributed by atoms with Crippen molar-refractivity contribution in [1.82, 2.24) is 0 Å². The molecule has 0 heterocycles. The highest BCUT2D eigenvalue weighted by Crippen LogP contribution is 2.19. The Morgan fingerprint density at radius 1 is 1.25 bits per heavy atom. The predicted octanol–water partition coefficient (Wildman–Crippen LogP) is 5.13. The maximum absolute atomic E-state index is 12.3. The van der Waals surface area contributed by atoms with Crippen molar-refractivity contribution in [1.29, 1.82) is 0 Å². The second kappa shape index (κ2) is 10.4. The standard InChI is InChI=1S/C21H26O3/c1-4-6-8-17(5-2)9-7-10-19(21(23)24)15-20(22)18-13-11-16(3)12-14-18/h4-6,8,11-14,19H,2,7,9-10,15H2,1,3H3,(H,23,24)/b6-4-,17-8+. The maximum Gasteiger partial charge on any atom is 0.306 e. The summed E-state index contributed by atoms with van der Waals surface area (Å²) in [6.45, 7) is 7.66. The summed E-state index contributed by atoms with van der Waals surface area (Å²) >= 11 is 0. The normalized spacial score (nSPS) is 13.0. The van der Waals surface area contributed by atoms with E-state index < -0.39 is 11.9 Å². The number of hydrogen-bond donors (Lipinski definition) is 1. The summed E-state index contributed by atoms with van der Waals surface area (Å²) in [6, 6.07) is 7.25. The Balaban J connectivity index is 2.61. The maximum atomic E-state index is 12.3. The Labute approximate surface area is 144 Å². The lowest BCUT2D eigenvalue weighted by Gasteiger charge is -2.12. The van der Waals surface area contributed by atoms with Crippen molar-refractivity contribution in [2.24, 2.45) is 5.92 Å². The Kier molecular flexibility index (Phi) is 8.48. The zero-order chi connectivity index (χ0) is 17.9. The Bertz CT molecular complexity index is 621. The first-order chi connectivity index (χ1) is 11.5. The third-order valence-electron chi connectivity index (χ3n) is 3.94. The minimum Gasteiger partial charge on any atom is -0.481 e. The molecule has 1 unspecified atom stereocenters. The Morgan fingerprint density at radius 3 is 2.46 bits per heavy atom. The van der Waals surface area contributed by atoms with Crippen LogP contribution in [-0.2, 0) is 4.79 Å². The van der Waals surface area contributed by atoms with E-state index in [4.69, 9.17) is 0 Å². The molecule has 0 bridgehead atoms. The first kappa shape index (κ1) is 19.6. The molecule has 0 aromatic heterocycles. The van der Waals surface area contributed by atoms with Crippen LogP contribution in [0.2, 0.25) is 0 Å². The summed E-state index contributed by atoms with van der Waals surface area (Å²) in [4.78, 5) is 23.7. The lowest BCUT2D eigenvalue weighted by Crippen LogP contribution is -2.18. The van der Waals surface area contributed by atoms with Gasteiger partial charge in [0.05, 0.1) is 5.92 Å². The van der Waals surface area contributed by atoms with Crippen LogP contribution in [0, 0.1) is 12.8 Å². The van der Waals surface area contributed by atoms with Crippen LogP contribution >= 0.6 is 0 Å². The van der Waals surface area contributed by atoms with E-state index in [9.17, 15) is 14.7 Å². The van der Waals surface area contributed by atoms with Crippen LogP contribution in [0.5, 0.6) is 0 Å². The van der Waals surface area contributed by atoms with E-state index in [2.05, 4.69) is 6.58 Å². The van der Waals surface area contributed by atoms with Gasteiger partial charge in [0.25, 0.3) is 0 Å². The number of hydrogen-bond acceptors (Lipinski definition) is 2. The molecular weight excluding hydrogens is 300 g/mol. The molecule has 0 spiro atoms. The molecule has 0 aliphatic heterocycles. The monoisotopic (exact) mass is 326 g/mol. The van der Waals surface area contributed by atoms with Gasteiger partial charge in [-0.05, 0) is 38.7 Å². The van der Waals surface area contributed by atoms with Crippen molar-refractivity contribution in [2.75, 3.05) is 0 Å². The van der Waals surface area contributed by atoms with E-state index in [0.717, 1.165) is 17.6 Å². The average Bonchev–Trinajstić information content (AvgIpc) is 2.57. The summed E-state index contributed by atoms with van der Waals surface area (Å²) in [5.74, 6) is -1.67. The zero-order valence-electron chi connectivity index (χ0n) is 14.5. The molecule has 1 aromatic rings. The van der Waals surface area contributed by atoms with Crippen LogP contribution in [0.3, 0.4) is 0 Å². The van der Waals surface area contributed by atoms with Gasteiger partial charge in [-0.2, -0.15) is 0 Å². The van der Waals surface area contributed by atoms with E-state index in [0.29, 0.717) is 18.4 Å². The highest BCUT2D eigenvalue weighted by Gasteiger charge is 2.21. The highest BCUT2D eigenvalue weighted by molar-refractivity contribution is 5.97. The fraction of sp³-hybridized carbons (Fsp3) is 0.333. The van der Waals surface area contributed by atoms with Gasteiger partial charge in [0.15, 0.2) is 5.78 Å².